The fraction of sp³-hybridized carbons (Fsp3) is 0.909. The molecule has 0 spiro atoms. The molecule has 1 aliphatic rings. The molecule has 0 saturated carbocycles. The minimum Gasteiger partial charge on any atom is -0.381 e. The van der Waals surface area contributed by atoms with E-state index in [4.69, 9.17) is 4.74 Å². The van der Waals surface area contributed by atoms with Crippen molar-refractivity contribution in [2.75, 3.05) is 24.7 Å². The summed E-state index contributed by atoms with van der Waals surface area (Å²) >= 11 is 0. The Morgan fingerprint density at radius 1 is 1.44 bits per heavy atom. The van der Waals surface area contributed by atoms with E-state index in [2.05, 4.69) is 0 Å². The first kappa shape index (κ1) is 13.6. The van der Waals surface area contributed by atoms with Crippen molar-refractivity contribution in [3.63, 3.8) is 0 Å². The molecule has 0 radical (unpaired) electrons. The van der Waals surface area contributed by atoms with Crippen LogP contribution in [-0.2, 0) is 19.4 Å². The maximum Gasteiger partial charge on any atom is 0.150 e. The van der Waals surface area contributed by atoms with Crippen LogP contribution in [0.3, 0.4) is 0 Å². The van der Waals surface area contributed by atoms with Gasteiger partial charge >= 0.3 is 0 Å². The molecule has 1 atom stereocenters. The van der Waals surface area contributed by atoms with Gasteiger partial charge in [0.2, 0.25) is 0 Å². The molecule has 16 heavy (non-hydrogen) atoms. The summed E-state index contributed by atoms with van der Waals surface area (Å²) in [6, 6.07) is 0. The third-order valence-corrected chi connectivity index (χ3v) is 4.72. The molecule has 0 amide bonds. The van der Waals surface area contributed by atoms with Crippen LogP contribution in [0.25, 0.3) is 0 Å². The van der Waals surface area contributed by atoms with Crippen molar-refractivity contribution in [3.05, 3.63) is 0 Å². The lowest BCUT2D eigenvalue weighted by atomic mass is 9.95. The Balaban J connectivity index is 2.24. The standard InChI is InChI=1S/C11H20O4S/c1-2-16(13,14)8-4-6-11(12)10-5-3-7-15-9-10/h10H,2-9H2,1H3. The number of carbonyl (C=O) groups excluding carboxylic acids is 1. The normalized spacial score (nSPS) is 21.9. The number of ketones is 1. The zero-order valence-corrected chi connectivity index (χ0v) is 10.6. The second-order valence-electron chi connectivity index (χ2n) is 4.22. The van der Waals surface area contributed by atoms with E-state index in [9.17, 15) is 13.2 Å². The van der Waals surface area contributed by atoms with Crippen LogP contribution >= 0.6 is 0 Å². The van der Waals surface area contributed by atoms with Gasteiger partial charge in [-0.3, -0.25) is 4.79 Å². The number of rotatable bonds is 6. The van der Waals surface area contributed by atoms with Gasteiger partial charge in [0, 0.05) is 24.7 Å². The van der Waals surface area contributed by atoms with Crippen LogP contribution in [-0.4, -0.2) is 38.9 Å². The van der Waals surface area contributed by atoms with Crippen molar-refractivity contribution in [3.8, 4) is 0 Å². The summed E-state index contributed by atoms with van der Waals surface area (Å²) < 4.78 is 27.7. The second kappa shape index (κ2) is 6.35. The van der Waals surface area contributed by atoms with Gasteiger partial charge < -0.3 is 4.74 Å². The molecule has 0 aromatic carbocycles. The second-order valence-corrected chi connectivity index (χ2v) is 6.69. The summed E-state index contributed by atoms with van der Waals surface area (Å²) in [4.78, 5) is 11.7. The summed E-state index contributed by atoms with van der Waals surface area (Å²) in [5.74, 6) is 0.445. The summed E-state index contributed by atoms with van der Waals surface area (Å²) in [6.45, 7) is 2.89. The lowest BCUT2D eigenvalue weighted by Gasteiger charge is -2.20. The summed E-state index contributed by atoms with van der Waals surface area (Å²) in [5.41, 5.74) is 0. The van der Waals surface area contributed by atoms with Crippen LogP contribution in [0.4, 0.5) is 0 Å². The number of hydrogen-bond acceptors (Lipinski definition) is 4. The third-order valence-electron chi connectivity index (χ3n) is 2.93. The molecule has 0 bridgehead atoms. The van der Waals surface area contributed by atoms with Gasteiger partial charge in [0.25, 0.3) is 0 Å². The molecule has 4 nitrogen and oxygen atoms in total. The Morgan fingerprint density at radius 3 is 2.75 bits per heavy atom. The highest BCUT2D eigenvalue weighted by molar-refractivity contribution is 7.91. The van der Waals surface area contributed by atoms with E-state index < -0.39 is 9.84 Å². The molecule has 1 rings (SSSR count). The van der Waals surface area contributed by atoms with E-state index in [1.165, 1.54) is 0 Å². The van der Waals surface area contributed by atoms with E-state index >= 15 is 0 Å². The van der Waals surface area contributed by atoms with Crippen LogP contribution in [0.5, 0.6) is 0 Å². The Kier molecular flexibility index (Phi) is 5.41. The maximum absolute atomic E-state index is 11.7. The Bertz CT molecular complexity index is 315. The van der Waals surface area contributed by atoms with E-state index in [1.807, 2.05) is 0 Å². The SMILES string of the molecule is CCS(=O)(=O)CCCC(=O)C1CCCOC1. The average molecular weight is 248 g/mol. The topological polar surface area (TPSA) is 60.4 Å². The zero-order chi connectivity index (χ0) is 12.0. The monoisotopic (exact) mass is 248 g/mol. The zero-order valence-electron chi connectivity index (χ0n) is 9.78. The Labute approximate surface area is 97.3 Å². The Morgan fingerprint density at radius 2 is 2.19 bits per heavy atom. The molecule has 0 aromatic heterocycles. The summed E-state index contributed by atoms with van der Waals surface area (Å²) in [6.07, 6.45) is 2.64. The van der Waals surface area contributed by atoms with Gasteiger partial charge in [-0.2, -0.15) is 0 Å². The Hall–Kier alpha value is -0.420. The first-order valence-electron chi connectivity index (χ1n) is 5.86. The van der Waals surface area contributed by atoms with E-state index in [0.29, 0.717) is 19.4 Å². The molecule has 1 fully saturated rings. The molecular weight excluding hydrogens is 228 g/mol. The molecular formula is C11H20O4S. The molecule has 1 saturated heterocycles. The van der Waals surface area contributed by atoms with Crippen LogP contribution < -0.4 is 0 Å². The van der Waals surface area contributed by atoms with Crippen LogP contribution in [0.2, 0.25) is 0 Å². The maximum atomic E-state index is 11.7. The molecule has 0 N–H and O–H groups in total. The number of ether oxygens (including phenoxy) is 1. The molecule has 94 valence electrons. The van der Waals surface area contributed by atoms with Gasteiger partial charge in [-0.15, -0.1) is 0 Å². The van der Waals surface area contributed by atoms with E-state index in [0.717, 1.165) is 19.4 Å². The van der Waals surface area contributed by atoms with Gasteiger partial charge in [0.15, 0.2) is 0 Å². The van der Waals surface area contributed by atoms with Crippen molar-refractivity contribution in [2.24, 2.45) is 5.92 Å². The van der Waals surface area contributed by atoms with E-state index in [-0.39, 0.29) is 23.2 Å². The van der Waals surface area contributed by atoms with Gasteiger partial charge in [-0.05, 0) is 19.3 Å². The van der Waals surface area contributed by atoms with Crippen molar-refractivity contribution in [1.29, 1.82) is 0 Å². The first-order valence-corrected chi connectivity index (χ1v) is 7.68. The molecule has 0 aliphatic carbocycles. The van der Waals surface area contributed by atoms with Gasteiger partial charge in [0.05, 0.1) is 12.4 Å². The first-order chi connectivity index (χ1) is 7.55. The van der Waals surface area contributed by atoms with E-state index in [1.54, 1.807) is 6.92 Å². The lowest BCUT2D eigenvalue weighted by Crippen LogP contribution is -2.25. The van der Waals surface area contributed by atoms with Crippen molar-refractivity contribution in [1.82, 2.24) is 0 Å². The number of hydrogen-bond donors (Lipinski definition) is 0. The average Bonchev–Trinajstić information content (AvgIpc) is 2.30. The van der Waals surface area contributed by atoms with Gasteiger partial charge in [-0.25, -0.2) is 8.42 Å². The number of Topliss-reactive ketones (excluding diaryl/α,β-unsaturated/α-hetero) is 1. The molecule has 5 heteroatoms. The largest absolute Gasteiger partial charge is 0.381 e. The number of sulfone groups is 1. The molecule has 1 aliphatic heterocycles. The smallest absolute Gasteiger partial charge is 0.150 e. The van der Waals surface area contributed by atoms with Gasteiger partial charge in [0.1, 0.15) is 15.6 Å². The molecule has 0 aromatic rings. The fourth-order valence-corrected chi connectivity index (χ4v) is 2.68. The predicted molar refractivity (Wildman–Crippen MR) is 62.1 cm³/mol. The van der Waals surface area contributed by atoms with Crippen LogP contribution in [0, 0.1) is 5.92 Å². The quantitative estimate of drug-likeness (QED) is 0.708. The molecule has 1 unspecified atom stereocenters. The van der Waals surface area contributed by atoms with Crippen LogP contribution in [0.1, 0.15) is 32.6 Å². The summed E-state index contributed by atoms with van der Waals surface area (Å²) in [7, 11) is -2.93. The van der Waals surface area contributed by atoms with Gasteiger partial charge in [-0.1, -0.05) is 6.92 Å². The van der Waals surface area contributed by atoms with Crippen molar-refractivity contribution < 1.29 is 17.9 Å². The van der Waals surface area contributed by atoms with Crippen molar-refractivity contribution >= 4 is 15.6 Å². The molecule has 1 heterocycles. The van der Waals surface area contributed by atoms with Crippen molar-refractivity contribution in [2.45, 2.75) is 32.6 Å². The highest BCUT2D eigenvalue weighted by Crippen LogP contribution is 2.16. The fourth-order valence-electron chi connectivity index (χ4n) is 1.81. The third kappa shape index (κ3) is 4.61. The highest BCUT2D eigenvalue weighted by Gasteiger charge is 2.21. The minimum atomic E-state index is -2.93. The van der Waals surface area contributed by atoms with Crippen LogP contribution in [0.15, 0.2) is 0 Å². The predicted octanol–water partition coefficient (Wildman–Crippen LogP) is 1.20. The highest BCUT2D eigenvalue weighted by atomic mass is 32.2. The lowest BCUT2D eigenvalue weighted by molar-refractivity contribution is -0.126. The minimum absolute atomic E-state index is 0.00178. The number of carbonyl (C=O) groups is 1. The summed E-state index contributed by atoms with van der Waals surface area (Å²) in [5, 5.41) is 0.